The number of rotatable bonds is 5. The van der Waals surface area contributed by atoms with E-state index in [9.17, 15) is 18.0 Å². The minimum Gasteiger partial charge on any atom is -0.333 e. The Hall–Kier alpha value is -4.08. The number of fused-ring (bicyclic) bond motifs is 1. The Kier molecular flexibility index (Phi) is 5.82. The molecule has 184 valence electrons. The van der Waals surface area contributed by atoms with E-state index in [-0.39, 0.29) is 24.1 Å². The SMILES string of the molecule is CC(C)c1ncccc1-c1nc(Cc2ccc(-c3nc(C(F)(F)F)cn3C)cc2)c2c(n1)NC(=O)C2. The fourth-order valence-electron chi connectivity index (χ4n) is 4.33. The molecule has 10 heteroatoms. The monoisotopic (exact) mass is 492 g/mol. The number of aryl methyl sites for hydroxylation is 1. The number of imidazole rings is 1. The molecule has 36 heavy (non-hydrogen) atoms. The van der Waals surface area contributed by atoms with Crippen LogP contribution in [0.5, 0.6) is 0 Å². The zero-order valence-corrected chi connectivity index (χ0v) is 19.9. The standard InChI is InChI=1S/C26H23F3N6O/c1-14(2)22-17(5-4-10-30-22)23-31-19(18-12-21(36)33-24(18)34-23)11-15-6-8-16(9-7-15)25-32-20(13-35(25)3)26(27,28)29/h4-10,13-14H,11-12H2,1-3H3,(H,31,33,34,36). The van der Waals surface area contributed by atoms with Crippen molar-refractivity contribution in [2.24, 2.45) is 7.05 Å². The second-order valence-electron chi connectivity index (χ2n) is 9.07. The van der Waals surface area contributed by atoms with Crippen molar-refractivity contribution in [1.82, 2.24) is 24.5 Å². The molecule has 0 bridgehead atoms. The number of nitrogens with one attached hydrogen (secondary N) is 1. The van der Waals surface area contributed by atoms with Gasteiger partial charge in [-0.05, 0) is 23.6 Å². The molecule has 0 saturated carbocycles. The maximum absolute atomic E-state index is 13.0. The molecule has 0 unspecified atom stereocenters. The molecule has 0 radical (unpaired) electrons. The first kappa shape index (κ1) is 23.7. The molecule has 1 aliphatic heterocycles. The normalized spacial score (nSPS) is 13.2. The summed E-state index contributed by atoms with van der Waals surface area (Å²) in [5.41, 5.74) is 3.68. The second-order valence-corrected chi connectivity index (χ2v) is 9.07. The van der Waals surface area contributed by atoms with Gasteiger partial charge in [0.05, 0.1) is 17.8 Å². The van der Waals surface area contributed by atoms with Crippen LogP contribution in [0.1, 0.15) is 48.0 Å². The predicted molar refractivity (Wildman–Crippen MR) is 128 cm³/mol. The number of anilines is 1. The molecule has 0 aliphatic carbocycles. The number of nitrogens with zero attached hydrogens (tertiary/aromatic N) is 5. The highest BCUT2D eigenvalue weighted by atomic mass is 19.4. The molecular weight excluding hydrogens is 469 g/mol. The molecule has 7 nitrogen and oxygen atoms in total. The number of aromatic nitrogens is 5. The van der Waals surface area contributed by atoms with Gasteiger partial charge < -0.3 is 9.88 Å². The highest BCUT2D eigenvalue weighted by Crippen LogP contribution is 2.33. The van der Waals surface area contributed by atoms with Gasteiger partial charge in [0.1, 0.15) is 11.6 Å². The fraction of sp³-hybridized carbons (Fsp3) is 0.269. The molecule has 1 amide bonds. The Bertz CT molecular complexity index is 1460. The molecular formula is C26H23F3N6O. The van der Waals surface area contributed by atoms with Gasteiger partial charge in [0, 0.05) is 42.6 Å². The Balaban J connectivity index is 1.49. The van der Waals surface area contributed by atoms with Crippen LogP contribution in [0.25, 0.3) is 22.8 Å². The third kappa shape index (κ3) is 4.46. The van der Waals surface area contributed by atoms with Crippen LogP contribution in [-0.2, 0) is 30.9 Å². The second kappa shape index (κ2) is 8.85. The van der Waals surface area contributed by atoms with Crippen LogP contribution in [0.4, 0.5) is 19.0 Å². The van der Waals surface area contributed by atoms with Gasteiger partial charge in [0.15, 0.2) is 11.5 Å². The van der Waals surface area contributed by atoms with E-state index in [1.807, 2.05) is 38.1 Å². The lowest BCUT2D eigenvalue weighted by molar-refractivity contribution is -0.140. The Morgan fingerprint density at radius 1 is 1.08 bits per heavy atom. The van der Waals surface area contributed by atoms with Crippen molar-refractivity contribution < 1.29 is 18.0 Å². The van der Waals surface area contributed by atoms with Crippen molar-refractivity contribution in [2.45, 2.75) is 38.8 Å². The largest absolute Gasteiger partial charge is 0.434 e. The van der Waals surface area contributed by atoms with Crippen molar-refractivity contribution >= 4 is 11.7 Å². The van der Waals surface area contributed by atoms with E-state index < -0.39 is 11.9 Å². The van der Waals surface area contributed by atoms with Crippen LogP contribution in [0.3, 0.4) is 0 Å². The van der Waals surface area contributed by atoms with Gasteiger partial charge in [-0.3, -0.25) is 9.78 Å². The van der Waals surface area contributed by atoms with Crippen molar-refractivity contribution in [1.29, 1.82) is 0 Å². The van der Waals surface area contributed by atoms with Crippen LogP contribution in [-0.4, -0.2) is 30.4 Å². The summed E-state index contributed by atoms with van der Waals surface area (Å²) in [4.78, 5) is 29.8. The van der Waals surface area contributed by atoms with Crippen molar-refractivity contribution in [3.63, 3.8) is 0 Å². The molecule has 1 aliphatic rings. The number of halogens is 3. The van der Waals surface area contributed by atoms with E-state index in [1.54, 1.807) is 18.3 Å². The van der Waals surface area contributed by atoms with Crippen LogP contribution in [0, 0.1) is 0 Å². The molecule has 0 saturated heterocycles. The van der Waals surface area contributed by atoms with Crippen molar-refractivity contribution in [3.8, 4) is 22.8 Å². The smallest absolute Gasteiger partial charge is 0.333 e. The number of hydrogen-bond acceptors (Lipinski definition) is 5. The Morgan fingerprint density at radius 3 is 2.50 bits per heavy atom. The first-order valence-corrected chi connectivity index (χ1v) is 11.4. The lowest BCUT2D eigenvalue weighted by Gasteiger charge is -2.13. The summed E-state index contributed by atoms with van der Waals surface area (Å²) in [5.74, 6) is 1.24. The van der Waals surface area contributed by atoms with E-state index in [0.29, 0.717) is 23.6 Å². The van der Waals surface area contributed by atoms with Crippen LogP contribution < -0.4 is 5.32 Å². The summed E-state index contributed by atoms with van der Waals surface area (Å²) in [5, 5.41) is 2.82. The van der Waals surface area contributed by atoms with Gasteiger partial charge in [-0.2, -0.15) is 13.2 Å². The molecule has 4 heterocycles. The maximum Gasteiger partial charge on any atom is 0.434 e. The topological polar surface area (TPSA) is 85.6 Å². The molecule has 0 spiro atoms. The van der Waals surface area contributed by atoms with Crippen molar-refractivity contribution in [2.75, 3.05) is 5.32 Å². The predicted octanol–water partition coefficient (Wildman–Crippen LogP) is 5.17. The number of carbonyl (C=O) groups is 1. The third-order valence-electron chi connectivity index (χ3n) is 6.06. The lowest BCUT2D eigenvalue weighted by Crippen LogP contribution is -2.06. The van der Waals surface area contributed by atoms with E-state index in [0.717, 1.165) is 34.3 Å². The summed E-state index contributed by atoms with van der Waals surface area (Å²) < 4.78 is 40.5. The molecule has 0 fully saturated rings. The minimum absolute atomic E-state index is 0.140. The number of alkyl halides is 3. The zero-order valence-electron chi connectivity index (χ0n) is 19.9. The summed E-state index contributed by atoms with van der Waals surface area (Å²) >= 11 is 0. The molecule has 5 rings (SSSR count). The Morgan fingerprint density at radius 2 is 1.83 bits per heavy atom. The number of hydrogen-bond donors (Lipinski definition) is 1. The summed E-state index contributed by atoms with van der Waals surface area (Å²) in [6.45, 7) is 4.09. The third-order valence-corrected chi connectivity index (χ3v) is 6.06. The zero-order chi connectivity index (χ0) is 25.6. The van der Waals surface area contributed by atoms with Crippen LogP contribution >= 0.6 is 0 Å². The van der Waals surface area contributed by atoms with E-state index in [2.05, 4.69) is 20.3 Å². The number of amides is 1. The molecule has 1 aromatic carbocycles. The maximum atomic E-state index is 13.0. The molecule has 1 N–H and O–H groups in total. The molecule has 0 atom stereocenters. The number of pyridine rings is 1. The average molecular weight is 493 g/mol. The van der Waals surface area contributed by atoms with Gasteiger partial charge in [0.2, 0.25) is 5.91 Å². The van der Waals surface area contributed by atoms with Crippen LogP contribution in [0.15, 0.2) is 48.8 Å². The quantitative estimate of drug-likeness (QED) is 0.416. The first-order chi connectivity index (χ1) is 17.1. The molecule has 3 aromatic heterocycles. The minimum atomic E-state index is -4.50. The number of carbonyl (C=O) groups excluding carboxylic acids is 1. The van der Waals surface area contributed by atoms with E-state index in [4.69, 9.17) is 4.98 Å². The summed E-state index contributed by atoms with van der Waals surface area (Å²) in [7, 11) is 1.53. The first-order valence-electron chi connectivity index (χ1n) is 11.4. The average Bonchev–Trinajstić information content (AvgIpc) is 3.41. The lowest BCUT2D eigenvalue weighted by atomic mass is 10.0. The Labute approximate surface area is 205 Å². The van der Waals surface area contributed by atoms with Gasteiger partial charge in [-0.15, -0.1) is 0 Å². The van der Waals surface area contributed by atoms with Gasteiger partial charge in [-0.1, -0.05) is 38.1 Å². The van der Waals surface area contributed by atoms with Crippen LogP contribution in [0.2, 0.25) is 0 Å². The molecule has 4 aromatic rings. The highest BCUT2D eigenvalue weighted by Gasteiger charge is 2.34. The van der Waals surface area contributed by atoms with E-state index in [1.165, 1.54) is 11.6 Å². The highest BCUT2D eigenvalue weighted by molar-refractivity contribution is 5.98. The summed E-state index contributed by atoms with van der Waals surface area (Å²) in [6, 6.07) is 10.9. The summed E-state index contributed by atoms with van der Waals surface area (Å²) in [6.07, 6.45) is -1.17. The van der Waals surface area contributed by atoms with E-state index >= 15 is 0 Å². The van der Waals surface area contributed by atoms with Crippen molar-refractivity contribution in [3.05, 3.63) is 77.0 Å². The van der Waals surface area contributed by atoms with Gasteiger partial charge >= 0.3 is 6.18 Å². The fourth-order valence-corrected chi connectivity index (χ4v) is 4.33. The van der Waals surface area contributed by atoms with Gasteiger partial charge in [0.25, 0.3) is 0 Å². The number of benzene rings is 1. The van der Waals surface area contributed by atoms with Gasteiger partial charge in [-0.25, -0.2) is 15.0 Å².